The Bertz CT molecular complexity index is 379. The Labute approximate surface area is 70.0 Å². The molecular formula is C8H10N4. The minimum absolute atomic E-state index is 0.780. The molecule has 2 rings (SSSR count). The summed E-state index contributed by atoms with van der Waals surface area (Å²) in [7, 11) is 1.91. The van der Waals surface area contributed by atoms with Gasteiger partial charge in [-0.25, -0.2) is 4.98 Å². The first-order valence-corrected chi connectivity index (χ1v) is 3.84. The van der Waals surface area contributed by atoms with Crippen molar-refractivity contribution in [3.8, 4) is 0 Å². The van der Waals surface area contributed by atoms with Crippen molar-refractivity contribution in [2.24, 2.45) is 0 Å². The molecule has 4 nitrogen and oxygen atoms in total. The van der Waals surface area contributed by atoms with Crippen molar-refractivity contribution in [2.75, 3.05) is 7.05 Å². The summed E-state index contributed by atoms with van der Waals surface area (Å²) in [5.41, 5.74) is 1.86. The molecule has 4 heteroatoms. The minimum atomic E-state index is 0.780. The van der Waals surface area contributed by atoms with Crippen molar-refractivity contribution in [2.45, 2.75) is 6.54 Å². The van der Waals surface area contributed by atoms with Gasteiger partial charge in [0.25, 0.3) is 0 Å². The molecule has 2 N–H and O–H groups in total. The highest BCUT2D eigenvalue weighted by molar-refractivity contribution is 5.77. The molecular weight excluding hydrogens is 152 g/mol. The standard InChI is InChI=1S/C8H10N4/c1-9-5-7-6-3-2-4-10-8(6)12-11-7/h2-4,9H,5H2,1H3,(H,10,11,12). The first-order chi connectivity index (χ1) is 5.92. The number of pyridine rings is 1. The summed E-state index contributed by atoms with van der Waals surface area (Å²) in [5, 5.41) is 11.2. The quantitative estimate of drug-likeness (QED) is 0.682. The van der Waals surface area contributed by atoms with Gasteiger partial charge in [-0.2, -0.15) is 5.10 Å². The number of fused-ring (bicyclic) bond motifs is 1. The molecule has 0 fully saturated rings. The van der Waals surface area contributed by atoms with Gasteiger partial charge in [0.1, 0.15) is 0 Å². The zero-order chi connectivity index (χ0) is 8.39. The van der Waals surface area contributed by atoms with Crippen molar-refractivity contribution in [3.05, 3.63) is 24.0 Å². The van der Waals surface area contributed by atoms with Crippen LogP contribution in [0.2, 0.25) is 0 Å². The van der Waals surface area contributed by atoms with E-state index in [1.165, 1.54) is 0 Å². The summed E-state index contributed by atoms with van der Waals surface area (Å²) in [4.78, 5) is 4.11. The van der Waals surface area contributed by atoms with Crippen LogP contribution in [0.5, 0.6) is 0 Å². The minimum Gasteiger partial charge on any atom is -0.314 e. The van der Waals surface area contributed by atoms with E-state index in [1.807, 2.05) is 19.2 Å². The molecule has 0 saturated heterocycles. The van der Waals surface area contributed by atoms with Gasteiger partial charge in [0.2, 0.25) is 0 Å². The van der Waals surface area contributed by atoms with Crippen LogP contribution in [0, 0.1) is 0 Å². The normalized spacial score (nSPS) is 10.8. The van der Waals surface area contributed by atoms with Gasteiger partial charge in [-0.15, -0.1) is 0 Å². The Morgan fingerprint density at radius 3 is 3.33 bits per heavy atom. The molecule has 0 aliphatic carbocycles. The van der Waals surface area contributed by atoms with Crippen molar-refractivity contribution in [1.82, 2.24) is 20.5 Å². The number of hydrogen-bond donors (Lipinski definition) is 2. The Hall–Kier alpha value is -1.42. The number of rotatable bonds is 2. The van der Waals surface area contributed by atoms with E-state index in [9.17, 15) is 0 Å². The van der Waals surface area contributed by atoms with Gasteiger partial charge in [-0.1, -0.05) is 0 Å². The predicted molar refractivity (Wildman–Crippen MR) is 46.7 cm³/mol. The van der Waals surface area contributed by atoms with Gasteiger partial charge in [-0.05, 0) is 19.2 Å². The van der Waals surface area contributed by atoms with E-state index in [-0.39, 0.29) is 0 Å². The van der Waals surface area contributed by atoms with Gasteiger partial charge in [0, 0.05) is 18.1 Å². The Morgan fingerprint density at radius 1 is 1.58 bits per heavy atom. The molecule has 0 aliphatic rings. The van der Waals surface area contributed by atoms with Crippen molar-refractivity contribution >= 4 is 11.0 Å². The van der Waals surface area contributed by atoms with Crippen LogP contribution in [0.25, 0.3) is 11.0 Å². The second-order valence-corrected chi connectivity index (χ2v) is 2.61. The fraction of sp³-hybridized carbons (Fsp3) is 0.250. The molecule has 62 valence electrons. The van der Waals surface area contributed by atoms with Crippen molar-refractivity contribution < 1.29 is 0 Å². The molecule has 2 aromatic heterocycles. The molecule has 2 heterocycles. The lowest BCUT2D eigenvalue weighted by Crippen LogP contribution is -2.05. The van der Waals surface area contributed by atoms with Gasteiger partial charge < -0.3 is 5.32 Å². The number of H-pyrrole nitrogens is 1. The second-order valence-electron chi connectivity index (χ2n) is 2.61. The Balaban J connectivity index is 2.55. The molecule has 12 heavy (non-hydrogen) atoms. The lowest BCUT2D eigenvalue weighted by atomic mass is 10.2. The monoisotopic (exact) mass is 162 g/mol. The third-order valence-electron chi connectivity index (χ3n) is 1.76. The smallest absolute Gasteiger partial charge is 0.181 e. The topological polar surface area (TPSA) is 53.6 Å². The van der Waals surface area contributed by atoms with Crippen LogP contribution in [-0.4, -0.2) is 22.2 Å². The molecule has 0 aromatic carbocycles. The molecule has 0 aliphatic heterocycles. The zero-order valence-electron chi connectivity index (χ0n) is 6.83. The van der Waals surface area contributed by atoms with Crippen LogP contribution >= 0.6 is 0 Å². The van der Waals surface area contributed by atoms with Crippen LogP contribution < -0.4 is 5.32 Å². The summed E-state index contributed by atoms with van der Waals surface area (Å²) in [6, 6.07) is 3.93. The Kier molecular flexibility index (Phi) is 1.75. The zero-order valence-corrected chi connectivity index (χ0v) is 6.83. The average Bonchev–Trinajstić information content (AvgIpc) is 2.50. The fourth-order valence-corrected chi connectivity index (χ4v) is 1.21. The maximum atomic E-state index is 4.11. The summed E-state index contributed by atoms with van der Waals surface area (Å²) in [6.45, 7) is 0.794. The second kappa shape index (κ2) is 2.91. The molecule has 0 bridgehead atoms. The van der Waals surface area contributed by atoms with Crippen LogP contribution in [-0.2, 0) is 6.54 Å². The van der Waals surface area contributed by atoms with Crippen molar-refractivity contribution in [1.29, 1.82) is 0 Å². The maximum absolute atomic E-state index is 4.11. The molecule has 0 saturated carbocycles. The van der Waals surface area contributed by atoms with Gasteiger partial charge in [-0.3, -0.25) is 5.10 Å². The predicted octanol–water partition coefficient (Wildman–Crippen LogP) is 0.677. The third kappa shape index (κ3) is 1.06. The van der Waals surface area contributed by atoms with Crippen molar-refractivity contribution in [3.63, 3.8) is 0 Å². The third-order valence-corrected chi connectivity index (χ3v) is 1.76. The van der Waals surface area contributed by atoms with Gasteiger partial charge >= 0.3 is 0 Å². The molecule has 0 atom stereocenters. The van der Waals surface area contributed by atoms with E-state index in [1.54, 1.807) is 6.20 Å². The van der Waals surface area contributed by atoms with E-state index in [0.29, 0.717) is 0 Å². The van der Waals surface area contributed by atoms with Gasteiger partial charge in [0.05, 0.1) is 5.69 Å². The summed E-state index contributed by atoms with van der Waals surface area (Å²) in [5.74, 6) is 0. The van der Waals surface area contributed by atoms with Crippen LogP contribution in [0.3, 0.4) is 0 Å². The van der Waals surface area contributed by atoms with E-state index in [4.69, 9.17) is 0 Å². The van der Waals surface area contributed by atoms with E-state index >= 15 is 0 Å². The lowest BCUT2D eigenvalue weighted by Gasteiger charge is -1.93. The Morgan fingerprint density at radius 2 is 2.50 bits per heavy atom. The molecule has 0 spiro atoms. The first kappa shape index (κ1) is 7.24. The highest BCUT2D eigenvalue weighted by Gasteiger charge is 2.02. The number of nitrogens with zero attached hydrogens (tertiary/aromatic N) is 2. The molecule has 0 amide bonds. The molecule has 0 unspecified atom stereocenters. The summed E-state index contributed by atoms with van der Waals surface area (Å²) >= 11 is 0. The largest absolute Gasteiger partial charge is 0.314 e. The number of aromatic amines is 1. The molecule has 2 aromatic rings. The number of aromatic nitrogens is 3. The summed E-state index contributed by atoms with van der Waals surface area (Å²) < 4.78 is 0. The highest BCUT2D eigenvalue weighted by Crippen LogP contribution is 2.11. The van der Waals surface area contributed by atoms with E-state index in [2.05, 4.69) is 20.5 Å². The molecule has 0 radical (unpaired) electrons. The van der Waals surface area contributed by atoms with Crippen LogP contribution in [0.4, 0.5) is 0 Å². The SMILES string of the molecule is CNCc1[nH]nc2ncccc12. The van der Waals surface area contributed by atoms with Gasteiger partial charge in [0.15, 0.2) is 5.65 Å². The van der Waals surface area contributed by atoms with Crippen LogP contribution in [0.15, 0.2) is 18.3 Å². The lowest BCUT2D eigenvalue weighted by molar-refractivity contribution is 0.789. The summed E-state index contributed by atoms with van der Waals surface area (Å²) in [6.07, 6.45) is 1.74. The van der Waals surface area contributed by atoms with E-state index < -0.39 is 0 Å². The first-order valence-electron chi connectivity index (χ1n) is 3.84. The number of nitrogens with one attached hydrogen (secondary N) is 2. The fourth-order valence-electron chi connectivity index (χ4n) is 1.21. The highest BCUT2D eigenvalue weighted by atomic mass is 15.2. The van der Waals surface area contributed by atoms with E-state index in [0.717, 1.165) is 23.3 Å². The maximum Gasteiger partial charge on any atom is 0.181 e. The number of hydrogen-bond acceptors (Lipinski definition) is 3. The van der Waals surface area contributed by atoms with Crippen LogP contribution in [0.1, 0.15) is 5.69 Å². The average molecular weight is 162 g/mol.